The van der Waals surface area contributed by atoms with Crippen molar-refractivity contribution in [2.24, 2.45) is 0 Å². The van der Waals surface area contributed by atoms with Crippen molar-refractivity contribution in [1.82, 2.24) is 9.97 Å². The van der Waals surface area contributed by atoms with Crippen LogP contribution in [-0.2, 0) is 0 Å². The van der Waals surface area contributed by atoms with Gasteiger partial charge in [0.05, 0.1) is 7.11 Å². The van der Waals surface area contributed by atoms with Gasteiger partial charge in [0.15, 0.2) is 5.82 Å². The molecule has 0 unspecified atom stereocenters. The first-order valence-electron chi connectivity index (χ1n) is 4.94. The molecule has 0 aliphatic rings. The van der Waals surface area contributed by atoms with Crippen molar-refractivity contribution in [2.45, 2.75) is 6.92 Å². The Balaban J connectivity index is 2.49. The van der Waals surface area contributed by atoms with Crippen molar-refractivity contribution in [3.8, 4) is 17.1 Å². The fourth-order valence-corrected chi connectivity index (χ4v) is 1.48. The highest BCUT2D eigenvalue weighted by molar-refractivity contribution is 5.59. The van der Waals surface area contributed by atoms with E-state index >= 15 is 0 Å². The maximum Gasteiger partial charge on any atom is 0.161 e. The molecule has 1 aromatic carbocycles. The van der Waals surface area contributed by atoms with E-state index in [1.165, 1.54) is 0 Å². The van der Waals surface area contributed by atoms with Crippen molar-refractivity contribution in [3.05, 3.63) is 36.0 Å². The highest BCUT2D eigenvalue weighted by Crippen LogP contribution is 2.21. The first kappa shape index (κ1) is 10.4. The molecule has 2 rings (SSSR count). The maximum atomic E-state index is 5.68. The number of nitrogens with zero attached hydrogens (tertiary/aromatic N) is 2. The van der Waals surface area contributed by atoms with Crippen molar-refractivity contribution >= 4 is 5.82 Å². The normalized spacial score (nSPS) is 10.1. The number of nitrogen functional groups attached to an aromatic ring is 1. The number of benzene rings is 1. The number of hydrogen-bond acceptors (Lipinski definition) is 4. The second kappa shape index (κ2) is 4.18. The van der Waals surface area contributed by atoms with Crippen molar-refractivity contribution in [1.29, 1.82) is 0 Å². The zero-order chi connectivity index (χ0) is 11.5. The van der Waals surface area contributed by atoms with Crippen LogP contribution in [0, 0.1) is 6.92 Å². The molecule has 2 N–H and O–H groups in total. The SMILES string of the molecule is COc1cccc(-c2nc(C)cc(N)n2)c1. The van der Waals surface area contributed by atoms with Gasteiger partial charge >= 0.3 is 0 Å². The average Bonchev–Trinajstić information content (AvgIpc) is 2.28. The van der Waals surface area contributed by atoms with Crippen LogP contribution >= 0.6 is 0 Å². The molecule has 82 valence electrons. The molecule has 0 fully saturated rings. The van der Waals surface area contributed by atoms with Crippen LogP contribution in [0.4, 0.5) is 5.82 Å². The van der Waals surface area contributed by atoms with Gasteiger partial charge in [0.25, 0.3) is 0 Å². The first-order valence-corrected chi connectivity index (χ1v) is 4.94. The lowest BCUT2D eigenvalue weighted by molar-refractivity contribution is 0.415. The van der Waals surface area contributed by atoms with Gasteiger partial charge < -0.3 is 10.5 Å². The molecule has 1 aromatic heterocycles. The van der Waals surface area contributed by atoms with Gasteiger partial charge in [0, 0.05) is 17.3 Å². The maximum absolute atomic E-state index is 5.68. The predicted octanol–water partition coefficient (Wildman–Crippen LogP) is 2.04. The summed E-state index contributed by atoms with van der Waals surface area (Å²) < 4.78 is 5.15. The molecule has 16 heavy (non-hydrogen) atoms. The van der Waals surface area contributed by atoms with Gasteiger partial charge in [-0.3, -0.25) is 0 Å². The number of nitrogens with two attached hydrogens (primary N) is 1. The Morgan fingerprint density at radius 1 is 1.19 bits per heavy atom. The zero-order valence-electron chi connectivity index (χ0n) is 9.27. The van der Waals surface area contributed by atoms with Gasteiger partial charge in [-0.05, 0) is 19.1 Å². The monoisotopic (exact) mass is 215 g/mol. The Bertz CT molecular complexity index is 491. The molecular weight excluding hydrogens is 202 g/mol. The van der Waals surface area contributed by atoms with Crippen molar-refractivity contribution in [2.75, 3.05) is 12.8 Å². The third-order valence-corrected chi connectivity index (χ3v) is 2.20. The highest BCUT2D eigenvalue weighted by Gasteiger charge is 2.04. The van der Waals surface area contributed by atoms with E-state index in [2.05, 4.69) is 9.97 Å². The molecule has 0 saturated carbocycles. The Hall–Kier alpha value is -2.10. The Labute approximate surface area is 94.1 Å². The minimum atomic E-state index is 0.477. The molecular formula is C12H13N3O. The number of methoxy groups -OCH3 is 1. The van der Waals surface area contributed by atoms with Crippen molar-refractivity contribution in [3.63, 3.8) is 0 Å². The summed E-state index contributed by atoms with van der Waals surface area (Å²) in [4.78, 5) is 8.52. The standard InChI is InChI=1S/C12H13N3O/c1-8-6-11(13)15-12(14-8)9-4-3-5-10(7-9)16-2/h3-7H,1-2H3,(H2,13,14,15). The summed E-state index contributed by atoms with van der Waals surface area (Å²) >= 11 is 0. The molecule has 0 spiro atoms. The van der Waals surface area contributed by atoms with Crippen molar-refractivity contribution < 1.29 is 4.74 Å². The Morgan fingerprint density at radius 2 is 2.00 bits per heavy atom. The second-order valence-electron chi connectivity index (χ2n) is 3.49. The van der Waals surface area contributed by atoms with E-state index in [1.54, 1.807) is 13.2 Å². The van der Waals surface area contributed by atoms with Gasteiger partial charge in [0.2, 0.25) is 0 Å². The molecule has 4 nitrogen and oxygen atoms in total. The van der Waals surface area contributed by atoms with Gasteiger partial charge in [0.1, 0.15) is 11.6 Å². The largest absolute Gasteiger partial charge is 0.497 e. The second-order valence-corrected chi connectivity index (χ2v) is 3.49. The topological polar surface area (TPSA) is 61.0 Å². The first-order chi connectivity index (χ1) is 7.69. The number of rotatable bonds is 2. The van der Waals surface area contributed by atoms with Crippen LogP contribution in [0.25, 0.3) is 11.4 Å². The van der Waals surface area contributed by atoms with E-state index in [0.717, 1.165) is 17.0 Å². The number of ether oxygens (including phenoxy) is 1. The molecule has 0 aliphatic carbocycles. The summed E-state index contributed by atoms with van der Waals surface area (Å²) in [6.45, 7) is 1.89. The van der Waals surface area contributed by atoms with Gasteiger partial charge in [-0.1, -0.05) is 12.1 Å². The van der Waals surface area contributed by atoms with E-state index in [0.29, 0.717) is 11.6 Å². The number of aryl methyl sites for hydroxylation is 1. The predicted molar refractivity (Wildman–Crippen MR) is 63.2 cm³/mol. The lowest BCUT2D eigenvalue weighted by Gasteiger charge is -2.05. The van der Waals surface area contributed by atoms with Gasteiger partial charge in [-0.2, -0.15) is 0 Å². The summed E-state index contributed by atoms with van der Waals surface area (Å²) in [6.07, 6.45) is 0. The van der Waals surface area contributed by atoms with Crippen LogP contribution < -0.4 is 10.5 Å². The third-order valence-electron chi connectivity index (χ3n) is 2.20. The van der Waals surface area contributed by atoms with E-state index < -0.39 is 0 Å². The minimum Gasteiger partial charge on any atom is -0.497 e. The number of anilines is 1. The summed E-state index contributed by atoms with van der Waals surface area (Å²) in [7, 11) is 1.63. The lowest BCUT2D eigenvalue weighted by Crippen LogP contribution is -1.97. The quantitative estimate of drug-likeness (QED) is 0.832. The van der Waals surface area contributed by atoms with Gasteiger partial charge in [-0.25, -0.2) is 9.97 Å². The zero-order valence-corrected chi connectivity index (χ0v) is 9.27. The molecule has 0 aliphatic heterocycles. The number of hydrogen-bond donors (Lipinski definition) is 1. The molecule has 0 bridgehead atoms. The molecule has 0 saturated heterocycles. The van der Waals surface area contributed by atoms with Crippen LogP contribution in [-0.4, -0.2) is 17.1 Å². The van der Waals surface area contributed by atoms with E-state index in [-0.39, 0.29) is 0 Å². The smallest absolute Gasteiger partial charge is 0.161 e. The van der Waals surface area contributed by atoms with E-state index in [4.69, 9.17) is 10.5 Å². The van der Waals surface area contributed by atoms with Crippen LogP contribution in [0.1, 0.15) is 5.69 Å². The summed E-state index contributed by atoms with van der Waals surface area (Å²) in [5, 5.41) is 0. The average molecular weight is 215 g/mol. The summed E-state index contributed by atoms with van der Waals surface area (Å²) in [6, 6.07) is 9.33. The summed E-state index contributed by atoms with van der Waals surface area (Å²) in [5.41, 5.74) is 7.44. The molecule has 1 heterocycles. The van der Waals surface area contributed by atoms with Crippen LogP contribution in [0.3, 0.4) is 0 Å². The number of aromatic nitrogens is 2. The third kappa shape index (κ3) is 2.11. The van der Waals surface area contributed by atoms with Crippen LogP contribution in [0.15, 0.2) is 30.3 Å². The highest BCUT2D eigenvalue weighted by atomic mass is 16.5. The molecule has 0 atom stereocenters. The van der Waals surface area contributed by atoms with Gasteiger partial charge in [-0.15, -0.1) is 0 Å². The molecule has 2 aromatic rings. The molecule has 0 radical (unpaired) electrons. The fraction of sp³-hybridized carbons (Fsp3) is 0.167. The van der Waals surface area contributed by atoms with E-state index in [9.17, 15) is 0 Å². The Kier molecular flexibility index (Phi) is 2.72. The van der Waals surface area contributed by atoms with E-state index in [1.807, 2.05) is 31.2 Å². The lowest BCUT2D eigenvalue weighted by atomic mass is 10.2. The molecule has 4 heteroatoms. The van der Waals surface area contributed by atoms with Crippen LogP contribution in [0.2, 0.25) is 0 Å². The molecule has 0 amide bonds. The van der Waals surface area contributed by atoms with Crippen LogP contribution in [0.5, 0.6) is 5.75 Å². The Morgan fingerprint density at radius 3 is 2.69 bits per heavy atom. The summed E-state index contributed by atoms with van der Waals surface area (Å²) in [5.74, 6) is 1.88. The minimum absolute atomic E-state index is 0.477. The fourth-order valence-electron chi connectivity index (χ4n) is 1.48.